The lowest BCUT2D eigenvalue weighted by atomic mass is 10.3. The van der Waals surface area contributed by atoms with Gasteiger partial charge in [-0.25, -0.2) is 0 Å². The SMILES string of the molecule is C[Si](C)(C)O[Si](C)(CCCCN)CCCCN. The highest BCUT2D eigenvalue weighted by Gasteiger charge is 2.33. The lowest BCUT2D eigenvalue weighted by molar-refractivity contribution is 0.525. The Balaban J connectivity index is 4.24. The Morgan fingerprint density at radius 3 is 1.47 bits per heavy atom. The van der Waals surface area contributed by atoms with E-state index in [1.54, 1.807) is 0 Å². The zero-order chi connectivity index (χ0) is 13.4. The summed E-state index contributed by atoms with van der Waals surface area (Å²) in [4.78, 5) is 0. The van der Waals surface area contributed by atoms with E-state index in [1.807, 2.05) is 0 Å². The Bertz CT molecular complexity index is 185. The highest BCUT2D eigenvalue weighted by atomic mass is 28.4. The van der Waals surface area contributed by atoms with Crippen LogP contribution in [0.4, 0.5) is 0 Å². The number of hydrogen-bond acceptors (Lipinski definition) is 3. The molecule has 0 aliphatic carbocycles. The minimum absolute atomic E-state index is 0.806. The van der Waals surface area contributed by atoms with Gasteiger partial charge in [0, 0.05) is 0 Å². The van der Waals surface area contributed by atoms with Crippen LogP contribution in [0.25, 0.3) is 0 Å². The normalized spacial score (nSPS) is 13.1. The van der Waals surface area contributed by atoms with Gasteiger partial charge in [-0.1, -0.05) is 12.8 Å². The van der Waals surface area contributed by atoms with Gasteiger partial charge in [-0.2, -0.15) is 0 Å². The van der Waals surface area contributed by atoms with Gasteiger partial charge in [0.25, 0.3) is 0 Å². The maximum Gasteiger partial charge on any atom is 0.176 e. The second kappa shape index (κ2) is 8.42. The summed E-state index contributed by atoms with van der Waals surface area (Å²) >= 11 is 0. The molecule has 0 heterocycles. The minimum atomic E-state index is -1.51. The molecule has 0 aromatic carbocycles. The number of hydrogen-bond donors (Lipinski definition) is 2. The summed E-state index contributed by atoms with van der Waals surface area (Å²) in [6, 6.07) is 2.53. The van der Waals surface area contributed by atoms with E-state index in [9.17, 15) is 0 Å². The van der Waals surface area contributed by atoms with Crippen LogP contribution >= 0.6 is 0 Å². The van der Waals surface area contributed by atoms with Crippen molar-refractivity contribution in [1.82, 2.24) is 0 Å². The van der Waals surface area contributed by atoms with E-state index >= 15 is 0 Å². The average Bonchev–Trinajstić information content (AvgIpc) is 2.15. The Morgan fingerprint density at radius 2 is 1.18 bits per heavy atom. The molecular formula is C12H32N2OSi2. The minimum Gasteiger partial charge on any atom is -0.456 e. The van der Waals surface area contributed by atoms with E-state index in [0.717, 1.165) is 25.9 Å². The van der Waals surface area contributed by atoms with Gasteiger partial charge in [-0.15, -0.1) is 0 Å². The van der Waals surface area contributed by atoms with Crippen LogP contribution in [0.3, 0.4) is 0 Å². The molecule has 5 heteroatoms. The molecule has 4 N–H and O–H groups in total. The third kappa shape index (κ3) is 9.97. The third-order valence-corrected chi connectivity index (χ3v) is 10.1. The second-order valence-corrected chi connectivity index (χ2v) is 15.1. The van der Waals surface area contributed by atoms with Crippen LogP contribution in [0.5, 0.6) is 0 Å². The van der Waals surface area contributed by atoms with Crippen molar-refractivity contribution in [3.63, 3.8) is 0 Å². The van der Waals surface area contributed by atoms with Crippen LogP contribution in [0.1, 0.15) is 25.7 Å². The Hall–Kier alpha value is 0.314. The van der Waals surface area contributed by atoms with Gasteiger partial charge in [0.05, 0.1) is 0 Å². The molecule has 0 aromatic rings. The fourth-order valence-electron chi connectivity index (χ4n) is 2.25. The first-order valence-electron chi connectivity index (χ1n) is 6.93. The van der Waals surface area contributed by atoms with E-state index in [1.165, 1.54) is 24.9 Å². The largest absolute Gasteiger partial charge is 0.456 e. The first-order chi connectivity index (χ1) is 7.83. The quantitative estimate of drug-likeness (QED) is 0.476. The molecule has 0 aliphatic rings. The smallest absolute Gasteiger partial charge is 0.176 e. The molecule has 0 fully saturated rings. The Kier molecular flexibility index (Phi) is 8.58. The molecule has 0 amide bonds. The van der Waals surface area contributed by atoms with Crippen LogP contribution in [0.15, 0.2) is 0 Å². The molecule has 0 aliphatic heterocycles. The first kappa shape index (κ1) is 17.3. The lowest BCUT2D eigenvalue weighted by Gasteiger charge is -2.35. The van der Waals surface area contributed by atoms with Gasteiger partial charge < -0.3 is 15.6 Å². The van der Waals surface area contributed by atoms with Crippen LogP contribution in [0.2, 0.25) is 38.3 Å². The van der Waals surface area contributed by atoms with Crippen molar-refractivity contribution in [3.8, 4) is 0 Å². The van der Waals surface area contributed by atoms with Gasteiger partial charge in [0.1, 0.15) is 0 Å². The maximum atomic E-state index is 6.51. The summed E-state index contributed by atoms with van der Waals surface area (Å²) < 4.78 is 6.51. The summed E-state index contributed by atoms with van der Waals surface area (Å²) in [6.07, 6.45) is 4.72. The fourth-order valence-corrected chi connectivity index (χ4v) is 11.2. The first-order valence-corrected chi connectivity index (χ1v) is 13.2. The molecule has 0 saturated carbocycles. The van der Waals surface area contributed by atoms with Crippen LogP contribution in [-0.4, -0.2) is 29.7 Å². The summed E-state index contributed by atoms with van der Waals surface area (Å²) in [5, 5.41) is 0. The van der Waals surface area contributed by atoms with Gasteiger partial charge in [0.15, 0.2) is 16.6 Å². The summed E-state index contributed by atoms with van der Waals surface area (Å²) in [5.41, 5.74) is 11.1. The Labute approximate surface area is 110 Å². The zero-order valence-electron chi connectivity index (χ0n) is 12.2. The molecule has 0 bridgehead atoms. The van der Waals surface area contributed by atoms with Gasteiger partial charge in [-0.05, 0) is 64.2 Å². The van der Waals surface area contributed by atoms with Crippen LogP contribution in [0, 0.1) is 0 Å². The average molecular weight is 277 g/mol. The molecule has 0 aromatic heterocycles. The molecule has 3 nitrogen and oxygen atoms in total. The van der Waals surface area contributed by atoms with Gasteiger partial charge in [-0.3, -0.25) is 0 Å². The summed E-state index contributed by atoms with van der Waals surface area (Å²) in [6.45, 7) is 10.9. The zero-order valence-corrected chi connectivity index (χ0v) is 14.2. The van der Waals surface area contributed by atoms with Crippen molar-refractivity contribution in [2.75, 3.05) is 13.1 Å². The van der Waals surface area contributed by atoms with Crippen molar-refractivity contribution in [3.05, 3.63) is 0 Å². The van der Waals surface area contributed by atoms with Gasteiger partial charge >= 0.3 is 0 Å². The molecule has 0 unspecified atom stereocenters. The molecule has 0 spiro atoms. The standard InChI is InChI=1S/C12H32N2OSi2/c1-16(2,3)15-17(4,11-7-5-9-13)12-8-6-10-14/h5-14H2,1-4H3. The summed E-state index contributed by atoms with van der Waals surface area (Å²) in [7, 11) is -2.92. The van der Waals surface area contributed by atoms with Crippen LogP contribution in [-0.2, 0) is 4.12 Å². The number of unbranched alkanes of at least 4 members (excludes halogenated alkanes) is 2. The van der Waals surface area contributed by atoms with Crippen LogP contribution < -0.4 is 11.5 Å². The highest BCUT2D eigenvalue weighted by molar-refractivity contribution is 6.84. The van der Waals surface area contributed by atoms with Crippen molar-refractivity contribution in [1.29, 1.82) is 0 Å². The van der Waals surface area contributed by atoms with E-state index in [4.69, 9.17) is 15.6 Å². The highest BCUT2D eigenvalue weighted by Crippen LogP contribution is 2.26. The maximum absolute atomic E-state index is 6.51. The van der Waals surface area contributed by atoms with E-state index in [0.29, 0.717) is 0 Å². The van der Waals surface area contributed by atoms with Gasteiger partial charge in [0.2, 0.25) is 0 Å². The molecule has 0 atom stereocenters. The fraction of sp³-hybridized carbons (Fsp3) is 1.00. The molecule has 0 rings (SSSR count). The predicted molar refractivity (Wildman–Crippen MR) is 82.2 cm³/mol. The van der Waals surface area contributed by atoms with E-state index in [-0.39, 0.29) is 0 Å². The second-order valence-electron chi connectivity index (χ2n) is 6.16. The third-order valence-electron chi connectivity index (χ3n) is 2.87. The molecule has 0 saturated heterocycles. The number of rotatable bonds is 10. The monoisotopic (exact) mass is 276 g/mol. The molecule has 104 valence electrons. The van der Waals surface area contributed by atoms with Crippen molar-refractivity contribution in [2.24, 2.45) is 11.5 Å². The van der Waals surface area contributed by atoms with E-state index in [2.05, 4.69) is 26.2 Å². The molecule has 0 radical (unpaired) electrons. The van der Waals surface area contributed by atoms with Crippen molar-refractivity contribution < 1.29 is 4.12 Å². The Morgan fingerprint density at radius 1 is 0.765 bits per heavy atom. The predicted octanol–water partition coefficient (Wildman–Crippen LogP) is 2.89. The lowest BCUT2D eigenvalue weighted by Crippen LogP contribution is -2.44. The van der Waals surface area contributed by atoms with Crippen molar-refractivity contribution in [2.45, 2.75) is 64.0 Å². The van der Waals surface area contributed by atoms with Crippen molar-refractivity contribution >= 4 is 16.6 Å². The van der Waals surface area contributed by atoms with E-state index < -0.39 is 16.6 Å². The number of nitrogens with two attached hydrogens (primary N) is 2. The molecular weight excluding hydrogens is 244 g/mol. The molecule has 17 heavy (non-hydrogen) atoms. The summed E-state index contributed by atoms with van der Waals surface area (Å²) in [5.74, 6) is 0. The topological polar surface area (TPSA) is 61.3 Å².